The molecule has 1 heterocycles. The summed E-state index contributed by atoms with van der Waals surface area (Å²) in [7, 11) is 0. The van der Waals surface area contributed by atoms with Crippen LogP contribution >= 0.6 is 11.6 Å². The molecule has 0 aliphatic carbocycles. The molecule has 1 N–H and O–H groups in total. The number of carboxylic acid groups (broad SMARTS) is 1. The predicted molar refractivity (Wildman–Crippen MR) is 83.2 cm³/mol. The number of hydrogen-bond acceptors (Lipinski definition) is 3. The van der Waals surface area contributed by atoms with Crippen molar-refractivity contribution in [3.8, 4) is 5.75 Å². The highest BCUT2D eigenvalue weighted by atomic mass is 35.5. The Morgan fingerprint density at radius 2 is 2.14 bits per heavy atom. The number of piperidine rings is 1. The maximum absolute atomic E-state index is 12.3. The Kier molecular flexibility index (Phi) is 5.29. The highest BCUT2D eigenvalue weighted by molar-refractivity contribution is 6.31. The molecule has 0 saturated carbocycles. The van der Waals surface area contributed by atoms with Gasteiger partial charge in [-0.25, -0.2) is 0 Å². The molecule has 1 aliphatic heterocycles. The van der Waals surface area contributed by atoms with Gasteiger partial charge < -0.3 is 14.7 Å². The molecule has 5 nitrogen and oxygen atoms in total. The Labute approximate surface area is 134 Å². The number of hydrogen-bond donors (Lipinski definition) is 1. The van der Waals surface area contributed by atoms with Gasteiger partial charge in [0.1, 0.15) is 5.75 Å². The van der Waals surface area contributed by atoms with E-state index < -0.39 is 11.9 Å². The second-order valence-electron chi connectivity index (χ2n) is 5.83. The number of halogens is 1. The lowest BCUT2D eigenvalue weighted by Crippen LogP contribution is -2.47. The predicted octanol–water partition coefficient (Wildman–Crippen LogP) is 2.60. The number of aliphatic carboxylic acids is 1. The summed E-state index contributed by atoms with van der Waals surface area (Å²) in [6.07, 6.45) is 0.605. The van der Waals surface area contributed by atoms with E-state index in [9.17, 15) is 9.59 Å². The first-order valence-electron chi connectivity index (χ1n) is 7.27. The van der Waals surface area contributed by atoms with Crippen LogP contribution in [0, 0.1) is 18.8 Å². The molecule has 2 rings (SSSR count). The molecular formula is C16H20ClNO4. The number of rotatable bonds is 4. The van der Waals surface area contributed by atoms with Gasteiger partial charge in [-0.3, -0.25) is 9.59 Å². The van der Waals surface area contributed by atoms with E-state index in [0.717, 1.165) is 5.56 Å². The van der Waals surface area contributed by atoms with E-state index in [0.29, 0.717) is 23.7 Å². The minimum Gasteiger partial charge on any atom is -0.483 e. The first-order valence-corrected chi connectivity index (χ1v) is 7.64. The summed E-state index contributed by atoms with van der Waals surface area (Å²) in [6.45, 7) is 4.49. The third-order valence-corrected chi connectivity index (χ3v) is 4.34. The van der Waals surface area contributed by atoms with E-state index in [1.807, 2.05) is 13.8 Å². The lowest BCUT2D eigenvalue weighted by molar-refractivity contribution is -0.147. The third kappa shape index (κ3) is 3.91. The number of nitrogens with zero attached hydrogens (tertiary/aromatic N) is 1. The van der Waals surface area contributed by atoms with Crippen molar-refractivity contribution in [3.63, 3.8) is 0 Å². The van der Waals surface area contributed by atoms with Crippen molar-refractivity contribution in [1.29, 1.82) is 0 Å². The van der Waals surface area contributed by atoms with Crippen LogP contribution in [0.15, 0.2) is 18.2 Å². The normalized spacial score (nSPS) is 21.5. The maximum atomic E-state index is 12.3. The van der Waals surface area contributed by atoms with Crippen molar-refractivity contribution in [1.82, 2.24) is 4.90 Å². The topological polar surface area (TPSA) is 66.8 Å². The second-order valence-corrected chi connectivity index (χ2v) is 6.23. The zero-order valence-corrected chi connectivity index (χ0v) is 13.5. The van der Waals surface area contributed by atoms with Gasteiger partial charge in [0.25, 0.3) is 5.91 Å². The fourth-order valence-corrected chi connectivity index (χ4v) is 2.87. The van der Waals surface area contributed by atoms with Crippen LogP contribution in [0.25, 0.3) is 0 Å². The van der Waals surface area contributed by atoms with E-state index in [1.165, 1.54) is 0 Å². The van der Waals surface area contributed by atoms with Crippen LogP contribution < -0.4 is 4.74 Å². The summed E-state index contributed by atoms with van der Waals surface area (Å²) in [5.41, 5.74) is 0.785. The van der Waals surface area contributed by atoms with Gasteiger partial charge in [-0.15, -0.1) is 0 Å². The summed E-state index contributed by atoms with van der Waals surface area (Å²) in [4.78, 5) is 25.0. The summed E-state index contributed by atoms with van der Waals surface area (Å²) >= 11 is 6.01. The highest BCUT2D eigenvalue weighted by Crippen LogP contribution is 2.26. The first kappa shape index (κ1) is 16.6. The number of amides is 1. The summed E-state index contributed by atoms with van der Waals surface area (Å²) < 4.78 is 5.54. The molecule has 0 radical (unpaired) electrons. The average Bonchev–Trinajstić information content (AvgIpc) is 2.47. The van der Waals surface area contributed by atoms with Gasteiger partial charge in [-0.05, 0) is 31.4 Å². The fourth-order valence-electron chi connectivity index (χ4n) is 2.71. The SMILES string of the molecule is Cc1c(Cl)cccc1OCC(=O)N1CC(C)CC(C(=O)O)C1. The van der Waals surface area contributed by atoms with Crippen LogP contribution in [-0.4, -0.2) is 41.6 Å². The molecule has 2 unspecified atom stereocenters. The van der Waals surface area contributed by atoms with E-state index >= 15 is 0 Å². The standard InChI is InChI=1S/C16H20ClNO4/c1-10-6-12(16(20)21)8-18(7-10)15(19)9-22-14-5-3-4-13(17)11(14)2/h3-5,10,12H,6-9H2,1-2H3,(H,20,21). The Morgan fingerprint density at radius 1 is 1.41 bits per heavy atom. The van der Waals surface area contributed by atoms with Gasteiger partial charge in [-0.1, -0.05) is 24.6 Å². The van der Waals surface area contributed by atoms with E-state index in [1.54, 1.807) is 23.1 Å². The molecule has 1 aromatic carbocycles. The lowest BCUT2D eigenvalue weighted by Gasteiger charge is -2.34. The quantitative estimate of drug-likeness (QED) is 0.924. The number of benzene rings is 1. The number of carbonyl (C=O) groups excluding carboxylic acids is 1. The monoisotopic (exact) mass is 325 g/mol. The van der Waals surface area contributed by atoms with Crippen molar-refractivity contribution >= 4 is 23.5 Å². The molecule has 1 amide bonds. The largest absolute Gasteiger partial charge is 0.483 e. The molecule has 1 saturated heterocycles. The average molecular weight is 326 g/mol. The lowest BCUT2D eigenvalue weighted by atomic mass is 9.90. The Hall–Kier alpha value is -1.75. The van der Waals surface area contributed by atoms with Gasteiger partial charge in [0.05, 0.1) is 5.92 Å². The second kappa shape index (κ2) is 7.01. The molecule has 2 atom stereocenters. The number of carbonyl (C=O) groups is 2. The zero-order chi connectivity index (χ0) is 16.3. The molecular weight excluding hydrogens is 306 g/mol. The number of ether oxygens (including phenoxy) is 1. The summed E-state index contributed by atoms with van der Waals surface area (Å²) in [5.74, 6) is -0.805. The molecule has 0 bridgehead atoms. The molecule has 1 fully saturated rings. The van der Waals surface area contributed by atoms with Crippen molar-refractivity contribution in [3.05, 3.63) is 28.8 Å². The minimum absolute atomic E-state index is 0.111. The third-order valence-electron chi connectivity index (χ3n) is 3.93. The molecule has 1 aliphatic rings. The molecule has 0 aromatic heterocycles. The number of carboxylic acids is 1. The van der Waals surface area contributed by atoms with E-state index in [2.05, 4.69) is 0 Å². The van der Waals surface area contributed by atoms with E-state index in [4.69, 9.17) is 21.4 Å². The van der Waals surface area contributed by atoms with E-state index in [-0.39, 0.29) is 25.0 Å². The number of likely N-dealkylation sites (tertiary alicyclic amines) is 1. The Balaban J connectivity index is 1.97. The van der Waals surface area contributed by atoms with Gasteiger partial charge in [0.2, 0.25) is 0 Å². The van der Waals surface area contributed by atoms with Crippen molar-refractivity contribution < 1.29 is 19.4 Å². The van der Waals surface area contributed by atoms with Crippen LogP contribution in [0.2, 0.25) is 5.02 Å². The smallest absolute Gasteiger partial charge is 0.308 e. The molecule has 120 valence electrons. The zero-order valence-electron chi connectivity index (χ0n) is 12.7. The fraction of sp³-hybridized carbons (Fsp3) is 0.500. The van der Waals surface area contributed by atoms with Crippen LogP contribution in [0.4, 0.5) is 0 Å². The van der Waals surface area contributed by atoms with Gasteiger partial charge in [0, 0.05) is 23.7 Å². The Bertz CT molecular complexity index is 575. The van der Waals surface area contributed by atoms with Gasteiger partial charge in [-0.2, -0.15) is 0 Å². The minimum atomic E-state index is -0.851. The summed E-state index contributed by atoms with van der Waals surface area (Å²) in [5, 5.41) is 9.73. The highest BCUT2D eigenvalue weighted by Gasteiger charge is 2.31. The molecule has 1 aromatic rings. The first-order chi connectivity index (χ1) is 10.4. The molecule has 6 heteroatoms. The van der Waals surface area contributed by atoms with Crippen molar-refractivity contribution in [2.45, 2.75) is 20.3 Å². The molecule has 22 heavy (non-hydrogen) atoms. The Morgan fingerprint density at radius 3 is 2.82 bits per heavy atom. The maximum Gasteiger partial charge on any atom is 0.308 e. The van der Waals surface area contributed by atoms with Crippen LogP contribution in [0.3, 0.4) is 0 Å². The van der Waals surface area contributed by atoms with Crippen LogP contribution in [0.5, 0.6) is 5.75 Å². The van der Waals surface area contributed by atoms with Crippen molar-refractivity contribution in [2.24, 2.45) is 11.8 Å². The van der Waals surface area contributed by atoms with Crippen LogP contribution in [-0.2, 0) is 9.59 Å². The van der Waals surface area contributed by atoms with Crippen molar-refractivity contribution in [2.75, 3.05) is 19.7 Å². The molecule has 0 spiro atoms. The van der Waals surface area contributed by atoms with Gasteiger partial charge in [0.15, 0.2) is 6.61 Å². The van der Waals surface area contributed by atoms with Crippen LogP contribution in [0.1, 0.15) is 18.9 Å². The van der Waals surface area contributed by atoms with Gasteiger partial charge >= 0.3 is 5.97 Å². The summed E-state index contributed by atoms with van der Waals surface area (Å²) in [6, 6.07) is 5.28.